The molecule has 0 amide bonds. The zero-order chi connectivity index (χ0) is 13.0. The molecule has 106 valence electrons. The summed E-state index contributed by atoms with van der Waals surface area (Å²) >= 11 is 0. The van der Waals surface area contributed by atoms with Crippen LogP contribution in [0.25, 0.3) is 0 Å². The van der Waals surface area contributed by atoms with E-state index in [-0.39, 0.29) is 5.54 Å². The van der Waals surface area contributed by atoms with Gasteiger partial charge in [-0.2, -0.15) is 0 Å². The maximum Gasteiger partial charge on any atom is 0.0480 e. The van der Waals surface area contributed by atoms with Crippen LogP contribution in [-0.2, 0) is 4.74 Å². The first-order chi connectivity index (χ1) is 8.69. The lowest BCUT2D eigenvalue weighted by Gasteiger charge is -2.49. The summed E-state index contributed by atoms with van der Waals surface area (Å²) in [6.45, 7) is 6.38. The zero-order valence-electron chi connectivity index (χ0n) is 12.2. The van der Waals surface area contributed by atoms with Gasteiger partial charge in [-0.3, -0.25) is 4.90 Å². The molecule has 2 aliphatic rings. The van der Waals surface area contributed by atoms with Gasteiger partial charge in [0.2, 0.25) is 0 Å². The standard InChI is InChI=1S/C15H30N2O/c1-15(12-16,8-10-18-2)17-9-7-13-5-3-4-6-14(13)11-17/h13-14H,3-12,16H2,1-2H3. The largest absolute Gasteiger partial charge is 0.385 e. The SMILES string of the molecule is COCCC(C)(CN)N1CCC2CCCCC2C1. The Morgan fingerprint density at radius 1 is 1.22 bits per heavy atom. The van der Waals surface area contributed by atoms with Gasteiger partial charge in [-0.25, -0.2) is 0 Å². The maximum atomic E-state index is 6.05. The van der Waals surface area contributed by atoms with Crippen LogP contribution < -0.4 is 5.73 Å². The molecule has 0 aromatic rings. The van der Waals surface area contributed by atoms with Crippen molar-refractivity contribution in [3.05, 3.63) is 0 Å². The summed E-state index contributed by atoms with van der Waals surface area (Å²) in [7, 11) is 1.78. The van der Waals surface area contributed by atoms with Crippen molar-refractivity contribution in [1.82, 2.24) is 4.90 Å². The van der Waals surface area contributed by atoms with Crippen LogP contribution in [0.2, 0.25) is 0 Å². The summed E-state index contributed by atoms with van der Waals surface area (Å²) in [5.74, 6) is 1.93. The van der Waals surface area contributed by atoms with E-state index in [2.05, 4.69) is 11.8 Å². The number of piperidine rings is 1. The van der Waals surface area contributed by atoms with Gasteiger partial charge in [0.25, 0.3) is 0 Å². The highest BCUT2D eigenvalue weighted by Gasteiger charge is 2.38. The molecule has 3 heteroatoms. The van der Waals surface area contributed by atoms with E-state index in [1.807, 2.05) is 0 Å². The second-order valence-corrected chi connectivity index (χ2v) is 6.48. The van der Waals surface area contributed by atoms with Gasteiger partial charge in [-0.15, -0.1) is 0 Å². The molecule has 1 aliphatic carbocycles. The van der Waals surface area contributed by atoms with E-state index >= 15 is 0 Å². The van der Waals surface area contributed by atoms with Crippen LogP contribution in [-0.4, -0.2) is 43.8 Å². The molecule has 2 rings (SSSR count). The van der Waals surface area contributed by atoms with Crippen LogP contribution >= 0.6 is 0 Å². The van der Waals surface area contributed by atoms with Crippen LogP contribution in [0.15, 0.2) is 0 Å². The van der Waals surface area contributed by atoms with Crippen molar-refractivity contribution in [2.24, 2.45) is 17.6 Å². The summed E-state index contributed by atoms with van der Waals surface area (Å²) in [6, 6.07) is 0. The predicted octanol–water partition coefficient (Wildman–Crippen LogP) is 2.25. The molecular formula is C15H30N2O. The Hall–Kier alpha value is -0.120. The quantitative estimate of drug-likeness (QED) is 0.818. The molecule has 0 bridgehead atoms. The van der Waals surface area contributed by atoms with Crippen molar-refractivity contribution in [1.29, 1.82) is 0 Å². The van der Waals surface area contributed by atoms with Crippen molar-refractivity contribution in [3.63, 3.8) is 0 Å². The smallest absolute Gasteiger partial charge is 0.0480 e. The van der Waals surface area contributed by atoms with E-state index in [1.165, 1.54) is 45.2 Å². The fraction of sp³-hybridized carbons (Fsp3) is 1.00. The minimum atomic E-state index is 0.137. The first-order valence-electron chi connectivity index (χ1n) is 7.63. The molecule has 3 atom stereocenters. The van der Waals surface area contributed by atoms with E-state index in [1.54, 1.807) is 7.11 Å². The van der Waals surface area contributed by atoms with E-state index < -0.39 is 0 Å². The van der Waals surface area contributed by atoms with Gasteiger partial charge in [-0.05, 0) is 44.6 Å². The lowest BCUT2D eigenvalue weighted by Crippen LogP contribution is -2.57. The molecule has 0 aromatic heterocycles. The van der Waals surface area contributed by atoms with Gasteiger partial charge in [0.15, 0.2) is 0 Å². The summed E-state index contributed by atoms with van der Waals surface area (Å²) in [6.07, 6.45) is 8.23. The lowest BCUT2D eigenvalue weighted by molar-refractivity contribution is 0.000866. The minimum absolute atomic E-state index is 0.137. The Labute approximate surface area is 112 Å². The Balaban J connectivity index is 1.95. The Kier molecular flexibility index (Phi) is 5.05. The molecule has 1 saturated heterocycles. The second kappa shape index (κ2) is 6.36. The summed E-state index contributed by atoms with van der Waals surface area (Å²) in [5.41, 5.74) is 6.19. The minimum Gasteiger partial charge on any atom is -0.385 e. The Morgan fingerprint density at radius 2 is 1.94 bits per heavy atom. The van der Waals surface area contributed by atoms with E-state index in [0.717, 1.165) is 31.4 Å². The summed E-state index contributed by atoms with van der Waals surface area (Å²) in [4.78, 5) is 2.65. The third kappa shape index (κ3) is 3.06. The highest BCUT2D eigenvalue weighted by molar-refractivity contribution is 4.93. The number of ether oxygens (including phenoxy) is 1. The number of methoxy groups -OCH3 is 1. The van der Waals surface area contributed by atoms with Crippen molar-refractivity contribution in [2.75, 3.05) is 33.4 Å². The van der Waals surface area contributed by atoms with Crippen LogP contribution in [0.5, 0.6) is 0 Å². The van der Waals surface area contributed by atoms with Crippen LogP contribution in [0.3, 0.4) is 0 Å². The fourth-order valence-electron chi connectivity index (χ4n) is 3.80. The van der Waals surface area contributed by atoms with Crippen molar-refractivity contribution < 1.29 is 4.74 Å². The number of hydrogen-bond donors (Lipinski definition) is 1. The number of rotatable bonds is 5. The second-order valence-electron chi connectivity index (χ2n) is 6.48. The molecule has 0 radical (unpaired) electrons. The van der Waals surface area contributed by atoms with Crippen molar-refractivity contribution >= 4 is 0 Å². The summed E-state index contributed by atoms with van der Waals surface area (Å²) in [5, 5.41) is 0. The molecule has 0 aromatic carbocycles. The van der Waals surface area contributed by atoms with Gasteiger partial charge in [-0.1, -0.05) is 19.3 Å². The number of nitrogens with zero attached hydrogens (tertiary/aromatic N) is 1. The van der Waals surface area contributed by atoms with Gasteiger partial charge < -0.3 is 10.5 Å². The van der Waals surface area contributed by atoms with Gasteiger partial charge in [0.1, 0.15) is 0 Å². The van der Waals surface area contributed by atoms with E-state index in [0.29, 0.717) is 0 Å². The number of fused-ring (bicyclic) bond motifs is 1. The molecule has 1 heterocycles. The third-order valence-corrected chi connectivity index (χ3v) is 5.34. The lowest BCUT2D eigenvalue weighted by atomic mass is 9.74. The van der Waals surface area contributed by atoms with Crippen LogP contribution in [0.1, 0.15) is 45.4 Å². The molecule has 1 aliphatic heterocycles. The van der Waals surface area contributed by atoms with Gasteiger partial charge in [0.05, 0.1) is 0 Å². The molecule has 0 spiro atoms. The molecule has 18 heavy (non-hydrogen) atoms. The van der Waals surface area contributed by atoms with Crippen LogP contribution in [0, 0.1) is 11.8 Å². The highest BCUT2D eigenvalue weighted by atomic mass is 16.5. The Bertz CT molecular complexity index is 259. The normalized spacial score (nSPS) is 32.8. The first kappa shape index (κ1) is 14.3. The van der Waals surface area contributed by atoms with Crippen molar-refractivity contribution in [3.8, 4) is 0 Å². The van der Waals surface area contributed by atoms with Crippen LogP contribution in [0.4, 0.5) is 0 Å². The molecular weight excluding hydrogens is 224 g/mol. The first-order valence-corrected chi connectivity index (χ1v) is 7.63. The van der Waals surface area contributed by atoms with E-state index in [9.17, 15) is 0 Å². The molecule has 2 fully saturated rings. The average Bonchev–Trinajstić information content (AvgIpc) is 2.44. The fourth-order valence-corrected chi connectivity index (χ4v) is 3.80. The number of likely N-dealkylation sites (tertiary alicyclic amines) is 1. The van der Waals surface area contributed by atoms with Gasteiger partial charge >= 0.3 is 0 Å². The monoisotopic (exact) mass is 254 g/mol. The molecule has 3 nitrogen and oxygen atoms in total. The summed E-state index contributed by atoms with van der Waals surface area (Å²) < 4.78 is 5.25. The maximum absolute atomic E-state index is 6.05. The predicted molar refractivity (Wildman–Crippen MR) is 75.6 cm³/mol. The molecule has 3 unspecified atom stereocenters. The number of nitrogens with two attached hydrogens (primary N) is 1. The van der Waals surface area contributed by atoms with Gasteiger partial charge in [0, 0.05) is 32.3 Å². The Morgan fingerprint density at radius 3 is 2.61 bits per heavy atom. The molecule has 2 N–H and O–H groups in total. The third-order valence-electron chi connectivity index (χ3n) is 5.34. The highest BCUT2D eigenvalue weighted by Crippen LogP contribution is 2.38. The van der Waals surface area contributed by atoms with E-state index in [4.69, 9.17) is 10.5 Å². The topological polar surface area (TPSA) is 38.5 Å². The van der Waals surface area contributed by atoms with Crippen molar-refractivity contribution in [2.45, 2.75) is 51.0 Å². The zero-order valence-corrected chi connectivity index (χ0v) is 12.2. The molecule has 1 saturated carbocycles. The number of hydrogen-bond acceptors (Lipinski definition) is 3. The average molecular weight is 254 g/mol.